The standard InChI is InChI=1S/C21H19NOS/c1-22-24(23,20-15-9-4-10-16-20)17-21(18-11-5-2-6-12-18)19-13-7-3-8-14-19/h2-17H,1H3/t24-/m0/s1. The molecule has 0 radical (unpaired) electrons. The predicted molar refractivity (Wildman–Crippen MR) is 101 cm³/mol. The summed E-state index contributed by atoms with van der Waals surface area (Å²) in [7, 11) is -1.03. The predicted octanol–water partition coefficient (Wildman–Crippen LogP) is 5.23. The SMILES string of the molecule is CN=[S@](=O)(C=C(c1ccccc1)c1ccccc1)c1ccccc1. The van der Waals surface area contributed by atoms with Gasteiger partial charge in [0.1, 0.15) is 0 Å². The van der Waals surface area contributed by atoms with Crippen LogP contribution in [0.25, 0.3) is 5.57 Å². The van der Waals surface area contributed by atoms with E-state index >= 15 is 0 Å². The van der Waals surface area contributed by atoms with Crippen molar-refractivity contribution in [2.24, 2.45) is 4.36 Å². The molecule has 0 aliphatic rings. The minimum Gasteiger partial charge on any atom is -0.240 e. The quantitative estimate of drug-likeness (QED) is 0.642. The topological polar surface area (TPSA) is 29.4 Å². The van der Waals surface area contributed by atoms with Gasteiger partial charge in [-0.2, -0.15) is 0 Å². The van der Waals surface area contributed by atoms with Crippen LogP contribution in [-0.2, 0) is 9.73 Å². The highest BCUT2D eigenvalue weighted by molar-refractivity contribution is 7.96. The molecule has 0 spiro atoms. The fourth-order valence-electron chi connectivity index (χ4n) is 2.54. The third kappa shape index (κ3) is 3.47. The summed E-state index contributed by atoms with van der Waals surface area (Å²) in [6.45, 7) is 0. The van der Waals surface area contributed by atoms with E-state index in [1.54, 1.807) is 12.5 Å². The third-order valence-corrected chi connectivity index (χ3v) is 5.84. The van der Waals surface area contributed by atoms with Crippen LogP contribution in [0, 0.1) is 0 Å². The minimum atomic E-state index is -2.64. The Hall–Kier alpha value is -2.65. The summed E-state index contributed by atoms with van der Waals surface area (Å²) in [6.07, 6.45) is 0. The van der Waals surface area contributed by atoms with E-state index in [9.17, 15) is 4.21 Å². The van der Waals surface area contributed by atoms with Gasteiger partial charge in [-0.15, -0.1) is 0 Å². The van der Waals surface area contributed by atoms with Gasteiger partial charge in [0, 0.05) is 12.5 Å². The second kappa shape index (κ2) is 7.28. The van der Waals surface area contributed by atoms with Crippen molar-refractivity contribution in [1.29, 1.82) is 0 Å². The molecule has 3 rings (SSSR count). The molecule has 3 aromatic rings. The summed E-state index contributed by atoms with van der Waals surface area (Å²) >= 11 is 0. The monoisotopic (exact) mass is 333 g/mol. The average Bonchev–Trinajstić information content (AvgIpc) is 2.68. The molecule has 0 aliphatic carbocycles. The summed E-state index contributed by atoms with van der Waals surface area (Å²) in [5.41, 5.74) is 2.97. The summed E-state index contributed by atoms with van der Waals surface area (Å²) in [6, 6.07) is 29.4. The van der Waals surface area contributed by atoms with Gasteiger partial charge < -0.3 is 0 Å². The summed E-state index contributed by atoms with van der Waals surface area (Å²) < 4.78 is 17.7. The lowest BCUT2D eigenvalue weighted by Crippen LogP contribution is -1.99. The van der Waals surface area contributed by atoms with Gasteiger partial charge >= 0.3 is 0 Å². The van der Waals surface area contributed by atoms with Crippen molar-refractivity contribution in [3.8, 4) is 0 Å². The average molecular weight is 333 g/mol. The van der Waals surface area contributed by atoms with Gasteiger partial charge in [-0.3, -0.25) is 0 Å². The molecule has 2 nitrogen and oxygen atoms in total. The van der Waals surface area contributed by atoms with E-state index in [-0.39, 0.29) is 0 Å². The second-order valence-corrected chi connectivity index (χ2v) is 7.54. The van der Waals surface area contributed by atoms with Crippen molar-refractivity contribution in [3.63, 3.8) is 0 Å². The van der Waals surface area contributed by atoms with Crippen LogP contribution in [-0.4, -0.2) is 11.3 Å². The second-order valence-electron chi connectivity index (χ2n) is 5.33. The molecule has 0 aliphatic heterocycles. The third-order valence-electron chi connectivity index (χ3n) is 3.80. The van der Waals surface area contributed by atoms with Crippen LogP contribution < -0.4 is 0 Å². The van der Waals surface area contributed by atoms with E-state index < -0.39 is 9.73 Å². The Morgan fingerprint density at radius 2 is 1.17 bits per heavy atom. The molecular formula is C21H19NOS. The van der Waals surface area contributed by atoms with E-state index in [0.29, 0.717) is 0 Å². The number of benzene rings is 3. The maximum absolute atomic E-state index is 13.5. The first-order valence-corrected chi connectivity index (χ1v) is 9.34. The molecule has 0 aromatic heterocycles. The van der Waals surface area contributed by atoms with E-state index in [0.717, 1.165) is 21.6 Å². The lowest BCUT2D eigenvalue weighted by atomic mass is 10.00. The zero-order valence-corrected chi connectivity index (χ0v) is 14.3. The Kier molecular flexibility index (Phi) is 4.92. The number of nitrogens with zero attached hydrogens (tertiary/aromatic N) is 1. The van der Waals surface area contributed by atoms with Crippen molar-refractivity contribution in [3.05, 3.63) is 108 Å². The first-order chi connectivity index (χ1) is 11.7. The van der Waals surface area contributed by atoms with Crippen LogP contribution in [0.5, 0.6) is 0 Å². The molecule has 0 saturated heterocycles. The summed E-state index contributed by atoms with van der Waals surface area (Å²) in [4.78, 5) is 0.719. The molecule has 24 heavy (non-hydrogen) atoms. The lowest BCUT2D eigenvalue weighted by Gasteiger charge is -2.11. The molecule has 0 bridgehead atoms. The molecule has 0 N–H and O–H groups in total. The molecule has 120 valence electrons. The van der Waals surface area contributed by atoms with Crippen LogP contribution >= 0.6 is 0 Å². The Morgan fingerprint density at radius 3 is 1.58 bits per heavy atom. The van der Waals surface area contributed by atoms with Crippen molar-refractivity contribution >= 4 is 15.3 Å². The van der Waals surface area contributed by atoms with Crippen LogP contribution in [0.1, 0.15) is 11.1 Å². The molecule has 0 amide bonds. The highest BCUT2D eigenvalue weighted by Crippen LogP contribution is 2.27. The van der Waals surface area contributed by atoms with Crippen molar-refractivity contribution in [1.82, 2.24) is 0 Å². The fraction of sp³-hybridized carbons (Fsp3) is 0.0476. The van der Waals surface area contributed by atoms with Crippen molar-refractivity contribution < 1.29 is 4.21 Å². The van der Waals surface area contributed by atoms with Crippen LogP contribution in [0.4, 0.5) is 0 Å². The van der Waals surface area contributed by atoms with Gasteiger partial charge in [0.15, 0.2) is 0 Å². The van der Waals surface area contributed by atoms with E-state index in [2.05, 4.69) is 4.36 Å². The largest absolute Gasteiger partial charge is 0.240 e. The van der Waals surface area contributed by atoms with Gasteiger partial charge in [-0.1, -0.05) is 78.9 Å². The molecule has 3 aromatic carbocycles. The van der Waals surface area contributed by atoms with Gasteiger partial charge in [0.25, 0.3) is 0 Å². The lowest BCUT2D eigenvalue weighted by molar-refractivity contribution is 0.682. The Labute approximate surface area is 143 Å². The number of hydrogen-bond acceptors (Lipinski definition) is 2. The number of hydrogen-bond donors (Lipinski definition) is 0. The van der Waals surface area contributed by atoms with E-state index in [1.807, 2.05) is 91.0 Å². The zero-order chi connectivity index (χ0) is 16.8. The van der Waals surface area contributed by atoms with Crippen molar-refractivity contribution in [2.45, 2.75) is 4.90 Å². The molecule has 0 unspecified atom stereocenters. The maximum atomic E-state index is 13.5. The molecular weight excluding hydrogens is 314 g/mol. The van der Waals surface area contributed by atoms with Crippen LogP contribution in [0.15, 0.2) is 106 Å². The number of rotatable bonds is 4. The highest BCUT2D eigenvalue weighted by Gasteiger charge is 2.13. The van der Waals surface area contributed by atoms with Gasteiger partial charge in [0.2, 0.25) is 0 Å². The van der Waals surface area contributed by atoms with Gasteiger partial charge in [-0.25, -0.2) is 8.57 Å². The highest BCUT2D eigenvalue weighted by atomic mass is 32.2. The van der Waals surface area contributed by atoms with Gasteiger partial charge in [-0.05, 0) is 28.8 Å². The normalized spacial score (nSPS) is 12.9. The Balaban J connectivity index is 2.23. The first kappa shape index (κ1) is 16.2. The van der Waals surface area contributed by atoms with Crippen molar-refractivity contribution in [2.75, 3.05) is 7.05 Å². The Bertz CT molecular complexity index is 897. The molecule has 0 saturated carbocycles. The molecule has 1 atom stereocenters. The first-order valence-electron chi connectivity index (χ1n) is 7.76. The summed E-state index contributed by atoms with van der Waals surface area (Å²) in [5.74, 6) is 0. The summed E-state index contributed by atoms with van der Waals surface area (Å²) in [5, 5.41) is 1.80. The van der Waals surface area contributed by atoms with Crippen LogP contribution in [0.3, 0.4) is 0 Å². The molecule has 0 heterocycles. The van der Waals surface area contributed by atoms with Crippen LogP contribution in [0.2, 0.25) is 0 Å². The van der Waals surface area contributed by atoms with E-state index in [4.69, 9.17) is 0 Å². The molecule has 0 fully saturated rings. The zero-order valence-electron chi connectivity index (χ0n) is 13.5. The Morgan fingerprint density at radius 1 is 0.750 bits per heavy atom. The molecule has 3 heteroatoms. The van der Waals surface area contributed by atoms with Gasteiger partial charge in [0.05, 0.1) is 14.6 Å². The maximum Gasteiger partial charge on any atom is 0.0972 e. The fourth-order valence-corrected chi connectivity index (χ4v) is 4.13. The minimum absolute atomic E-state index is 0.719. The smallest absolute Gasteiger partial charge is 0.0972 e. The van der Waals surface area contributed by atoms with E-state index in [1.165, 1.54) is 0 Å².